The molecular weight excluding hydrogens is 636 g/mol. The van der Waals surface area contributed by atoms with Crippen molar-refractivity contribution in [3.63, 3.8) is 0 Å². The number of carbonyl (C=O) groups is 4. The third kappa shape index (κ3) is 9.92. The largest absolute Gasteiger partial charge is 0.507 e. The van der Waals surface area contributed by atoms with Gasteiger partial charge in [0.15, 0.2) is 0 Å². The van der Waals surface area contributed by atoms with Gasteiger partial charge in [0.05, 0.1) is 29.2 Å². The van der Waals surface area contributed by atoms with E-state index in [9.17, 15) is 39.5 Å². The first-order chi connectivity index (χ1) is 23.3. The number of hydrogen-bond acceptors (Lipinski definition) is 9. The molecule has 1 aliphatic carbocycles. The topological polar surface area (TPSA) is 220 Å². The molecule has 260 valence electrons. The average Bonchev–Trinajstić information content (AvgIpc) is 3.06. The molecule has 3 atom stereocenters. The summed E-state index contributed by atoms with van der Waals surface area (Å²) in [5, 5.41) is 36.4. The van der Waals surface area contributed by atoms with Gasteiger partial charge < -0.3 is 36.1 Å². The summed E-state index contributed by atoms with van der Waals surface area (Å²) >= 11 is 0. The summed E-state index contributed by atoms with van der Waals surface area (Å²) in [6.07, 6.45) is 4.13. The zero-order valence-corrected chi connectivity index (χ0v) is 27.2. The fourth-order valence-electron chi connectivity index (χ4n) is 5.74. The monoisotopic (exact) mass is 676 g/mol. The normalized spacial score (nSPS) is 14.9. The molecular formula is C35H40N4O10. The van der Waals surface area contributed by atoms with E-state index < -0.39 is 58.2 Å². The number of phenols is 1. The predicted molar refractivity (Wildman–Crippen MR) is 177 cm³/mol. The van der Waals surface area contributed by atoms with Crippen LogP contribution < -0.4 is 25.8 Å². The highest BCUT2D eigenvalue weighted by atomic mass is 16.6. The summed E-state index contributed by atoms with van der Waals surface area (Å²) in [5.41, 5.74) is 6.50. The van der Waals surface area contributed by atoms with Crippen molar-refractivity contribution in [3.05, 3.63) is 93.0 Å². The predicted octanol–water partition coefficient (Wildman–Crippen LogP) is 4.49. The van der Waals surface area contributed by atoms with Crippen LogP contribution in [0.25, 0.3) is 0 Å². The first kappa shape index (κ1) is 36.2. The van der Waals surface area contributed by atoms with Crippen LogP contribution in [0, 0.1) is 16.0 Å². The number of amides is 3. The number of rotatable bonds is 15. The number of carboxylic acids is 1. The maximum absolute atomic E-state index is 13.4. The molecule has 14 heteroatoms. The Labute approximate surface area is 282 Å². The number of nitrogens with zero attached hydrogens (tertiary/aromatic N) is 1. The van der Waals surface area contributed by atoms with Gasteiger partial charge in [-0.05, 0) is 67.1 Å². The van der Waals surface area contributed by atoms with Crippen LogP contribution in [0.2, 0.25) is 0 Å². The second-order valence-electron chi connectivity index (χ2n) is 12.1. The number of primary amides is 1. The van der Waals surface area contributed by atoms with Crippen LogP contribution in [0.3, 0.4) is 0 Å². The Bertz CT molecular complexity index is 1690. The Kier molecular flexibility index (Phi) is 12.1. The molecule has 4 rings (SSSR count). The van der Waals surface area contributed by atoms with Crippen LogP contribution in [0.4, 0.5) is 5.69 Å². The maximum atomic E-state index is 13.4. The number of phenolic OH excluding ortho intramolecular Hbond substituents is 1. The van der Waals surface area contributed by atoms with Gasteiger partial charge in [-0.25, -0.2) is 4.79 Å². The number of aliphatic carboxylic acids is 1. The number of ether oxygens (including phenoxy) is 2. The molecule has 3 aromatic carbocycles. The highest BCUT2D eigenvalue weighted by Gasteiger charge is 2.27. The highest BCUT2D eigenvalue weighted by molar-refractivity contribution is 5.96. The molecule has 3 aromatic rings. The number of aromatic hydroxyl groups is 1. The van der Waals surface area contributed by atoms with E-state index in [1.807, 2.05) is 0 Å². The molecule has 0 heterocycles. The van der Waals surface area contributed by atoms with Gasteiger partial charge >= 0.3 is 5.97 Å². The average molecular weight is 677 g/mol. The van der Waals surface area contributed by atoms with Gasteiger partial charge in [0.2, 0.25) is 17.9 Å². The Morgan fingerprint density at radius 3 is 2.29 bits per heavy atom. The van der Waals surface area contributed by atoms with Gasteiger partial charge in [0, 0.05) is 25.0 Å². The Morgan fingerprint density at radius 2 is 1.69 bits per heavy atom. The number of benzene rings is 3. The maximum Gasteiger partial charge on any atom is 0.349 e. The van der Waals surface area contributed by atoms with Crippen molar-refractivity contribution in [1.29, 1.82) is 0 Å². The van der Waals surface area contributed by atoms with E-state index in [-0.39, 0.29) is 23.3 Å². The Morgan fingerprint density at radius 1 is 1.00 bits per heavy atom. The zero-order valence-electron chi connectivity index (χ0n) is 27.2. The lowest BCUT2D eigenvalue weighted by molar-refractivity contribution is -0.385. The molecule has 49 heavy (non-hydrogen) atoms. The number of nitrogens with one attached hydrogen (secondary N) is 2. The van der Waals surface area contributed by atoms with Crippen LogP contribution in [-0.2, 0) is 20.8 Å². The van der Waals surface area contributed by atoms with Gasteiger partial charge in [-0.2, -0.15) is 0 Å². The van der Waals surface area contributed by atoms with E-state index in [2.05, 4.69) is 10.6 Å². The van der Waals surface area contributed by atoms with E-state index in [1.165, 1.54) is 25.5 Å². The Hall–Kier alpha value is -5.66. The van der Waals surface area contributed by atoms with Gasteiger partial charge in [0.1, 0.15) is 23.3 Å². The molecule has 0 saturated heterocycles. The van der Waals surface area contributed by atoms with Crippen LogP contribution in [0.15, 0.2) is 60.7 Å². The lowest BCUT2D eigenvalue weighted by atomic mass is 9.90. The number of nitrogens with two attached hydrogens (primary N) is 1. The summed E-state index contributed by atoms with van der Waals surface area (Å²) in [4.78, 5) is 59.8. The lowest BCUT2D eigenvalue weighted by Gasteiger charge is -2.23. The van der Waals surface area contributed by atoms with Crippen molar-refractivity contribution in [2.24, 2.45) is 11.7 Å². The van der Waals surface area contributed by atoms with Crippen molar-refractivity contribution in [2.75, 3.05) is 6.61 Å². The quantitative estimate of drug-likeness (QED) is 0.112. The third-order valence-corrected chi connectivity index (χ3v) is 8.37. The second kappa shape index (κ2) is 16.4. The second-order valence-corrected chi connectivity index (χ2v) is 12.1. The van der Waals surface area contributed by atoms with E-state index >= 15 is 0 Å². The standard InChI is InChI=1S/C35H40N4O10/c1-20(24-10-15-31(28(17-24)33(36)42)48-19-23-6-4-3-5-7-23)37-34(43)29(38-21(2)40)16-22-8-12-26(13-9-22)49-32(35(44)45)27-14-11-25(39(46)47)18-30(27)41/h8-15,17-18,20,23,29,32,41H,3-7,16,19H2,1-2H3,(H2,36,42)(H,37,43)(H,38,40)(H,44,45)/t20?,29-,32?/m0/s1. The smallest absolute Gasteiger partial charge is 0.349 e. The SMILES string of the molecule is CC(=O)N[C@@H](Cc1ccc(OC(C(=O)O)c2ccc([N+](=O)[O-])cc2O)cc1)C(=O)NC(C)c1ccc(OCC2CCCCC2)c(C(N)=O)c1. The molecule has 0 radical (unpaired) electrons. The van der Waals surface area contributed by atoms with E-state index in [0.29, 0.717) is 29.4 Å². The summed E-state index contributed by atoms with van der Waals surface area (Å²) in [7, 11) is 0. The van der Waals surface area contributed by atoms with E-state index in [4.69, 9.17) is 15.2 Å². The summed E-state index contributed by atoms with van der Waals surface area (Å²) in [6, 6.07) is 12.6. The molecule has 6 N–H and O–H groups in total. The Balaban J connectivity index is 1.42. The number of nitro groups is 1. The van der Waals surface area contributed by atoms with Crippen LogP contribution in [0.1, 0.15) is 85.1 Å². The number of non-ortho nitro benzene ring substituents is 1. The molecule has 0 spiro atoms. The first-order valence-corrected chi connectivity index (χ1v) is 15.9. The van der Waals surface area contributed by atoms with Crippen LogP contribution >= 0.6 is 0 Å². The molecule has 0 aliphatic heterocycles. The van der Waals surface area contributed by atoms with Crippen LogP contribution in [0.5, 0.6) is 17.2 Å². The molecule has 1 aliphatic rings. The van der Waals surface area contributed by atoms with Gasteiger partial charge in [-0.1, -0.05) is 37.5 Å². The van der Waals surface area contributed by atoms with Crippen molar-refractivity contribution < 1.29 is 43.8 Å². The molecule has 2 unspecified atom stereocenters. The summed E-state index contributed by atoms with van der Waals surface area (Å²) in [5.74, 6) is -2.68. The molecule has 0 bridgehead atoms. The van der Waals surface area contributed by atoms with Crippen molar-refractivity contribution in [1.82, 2.24) is 10.6 Å². The molecule has 1 fully saturated rings. The number of hydrogen-bond donors (Lipinski definition) is 5. The van der Waals surface area contributed by atoms with Crippen molar-refractivity contribution >= 4 is 29.4 Å². The fourth-order valence-corrected chi connectivity index (χ4v) is 5.74. The fraction of sp³-hybridized carbons (Fsp3) is 0.371. The minimum Gasteiger partial charge on any atom is -0.507 e. The van der Waals surface area contributed by atoms with Gasteiger partial charge in [-0.15, -0.1) is 0 Å². The minimum atomic E-state index is -1.67. The van der Waals surface area contributed by atoms with Crippen molar-refractivity contribution in [2.45, 2.75) is 70.6 Å². The van der Waals surface area contributed by atoms with Crippen LogP contribution in [-0.4, -0.2) is 51.5 Å². The summed E-state index contributed by atoms with van der Waals surface area (Å²) in [6.45, 7) is 3.52. The first-order valence-electron chi connectivity index (χ1n) is 15.9. The number of nitro benzene ring substituents is 1. The molecule has 1 saturated carbocycles. The van der Waals surface area contributed by atoms with E-state index in [1.54, 1.807) is 37.3 Å². The lowest BCUT2D eigenvalue weighted by Crippen LogP contribution is -2.48. The van der Waals surface area contributed by atoms with Crippen molar-refractivity contribution in [3.8, 4) is 17.2 Å². The third-order valence-electron chi connectivity index (χ3n) is 8.37. The molecule has 14 nitrogen and oxygen atoms in total. The molecule has 3 amide bonds. The minimum absolute atomic E-state index is 0.0738. The zero-order chi connectivity index (χ0) is 35.7. The molecule has 0 aromatic heterocycles. The number of carbonyl (C=O) groups excluding carboxylic acids is 3. The summed E-state index contributed by atoms with van der Waals surface area (Å²) < 4.78 is 11.6. The van der Waals surface area contributed by atoms with Gasteiger partial charge in [-0.3, -0.25) is 24.5 Å². The number of carboxylic acid groups (broad SMARTS) is 1. The van der Waals surface area contributed by atoms with E-state index in [0.717, 1.165) is 43.9 Å². The van der Waals surface area contributed by atoms with Gasteiger partial charge in [0.25, 0.3) is 11.6 Å². The highest BCUT2D eigenvalue weighted by Crippen LogP contribution is 2.32.